The van der Waals surface area contributed by atoms with Crippen molar-refractivity contribution >= 4 is 21.5 Å². The lowest BCUT2D eigenvalue weighted by atomic mass is 9.83. The molecule has 1 aliphatic rings. The summed E-state index contributed by atoms with van der Waals surface area (Å²) in [5.74, 6) is -1.12. The summed E-state index contributed by atoms with van der Waals surface area (Å²) in [6, 6.07) is 9.04. The van der Waals surface area contributed by atoms with Crippen molar-refractivity contribution in [2.24, 2.45) is 0 Å². The van der Waals surface area contributed by atoms with Crippen molar-refractivity contribution < 1.29 is 18.3 Å². The summed E-state index contributed by atoms with van der Waals surface area (Å²) >= 11 is 0. The van der Waals surface area contributed by atoms with E-state index in [-0.39, 0.29) is 16.5 Å². The van der Waals surface area contributed by atoms with Gasteiger partial charge in [-0.3, -0.25) is 0 Å². The van der Waals surface area contributed by atoms with Gasteiger partial charge in [-0.2, -0.15) is 0 Å². The molecule has 0 aliphatic carbocycles. The number of rotatable bonds is 7. The van der Waals surface area contributed by atoms with Gasteiger partial charge in [-0.25, -0.2) is 13.2 Å². The maximum absolute atomic E-state index is 12.7. The lowest BCUT2D eigenvalue weighted by molar-refractivity contribution is 0.0696. The Balaban J connectivity index is 2.44. The second-order valence-electron chi connectivity index (χ2n) is 7.83. The third-order valence-corrected chi connectivity index (χ3v) is 6.78. The molecule has 0 fully saturated rings. The molecule has 0 radical (unpaired) electrons. The van der Waals surface area contributed by atoms with Gasteiger partial charge < -0.3 is 10.0 Å². The maximum atomic E-state index is 12.7. The number of sulfone groups is 1. The highest BCUT2D eigenvalue weighted by Gasteiger charge is 2.35. The minimum absolute atomic E-state index is 0.0111. The largest absolute Gasteiger partial charge is 0.478 e. The number of unbranched alkanes of at least 4 members (excludes halogenated alkanes) is 1. The topological polar surface area (TPSA) is 74.7 Å². The number of hydrogen-bond donors (Lipinski definition) is 1. The van der Waals surface area contributed by atoms with Gasteiger partial charge in [0, 0.05) is 24.1 Å². The van der Waals surface area contributed by atoms with Gasteiger partial charge in [0.1, 0.15) is 0 Å². The predicted octanol–water partition coefficient (Wildman–Crippen LogP) is 5.23. The molecule has 1 heterocycles. The summed E-state index contributed by atoms with van der Waals surface area (Å²) < 4.78 is 25.4. The summed E-state index contributed by atoms with van der Waals surface area (Å²) in [7, 11) is -3.62. The Morgan fingerprint density at radius 1 is 1.17 bits per heavy atom. The smallest absolute Gasteiger partial charge is 0.335 e. The standard InChI is InChI=1S/C23H29NO4S/c1-5-7-12-24-18(9-6-2)21-15(3)10-8-11-17(21)22-19(24)13-16(23(25)26)14-20(22)29(4,27)28/h8,10-11,13-14,18H,5-7,9,12H2,1-4H3,(H,25,26). The number of carbonyl (C=O) groups is 1. The van der Waals surface area contributed by atoms with E-state index in [4.69, 9.17) is 0 Å². The second kappa shape index (κ2) is 8.19. The Bertz CT molecular complexity index is 1040. The van der Waals surface area contributed by atoms with Crippen LogP contribution in [0.1, 0.15) is 67.1 Å². The Kier molecular flexibility index (Phi) is 6.03. The molecule has 29 heavy (non-hydrogen) atoms. The molecule has 6 heteroatoms. The SMILES string of the molecule is CCCCN1c2cc(C(=O)O)cc(S(C)(=O)=O)c2-c2cccc(C)c2C1CCC. The van der Waals surface area contributed by atoms with E-state index in [2.05, 4.69) is 31.7 Å². The van der Waals surface area contributed by atoms with Gasteiger partial charge in [0.25, 0.3) is 0 Å². The van der Waals surface area contributed by atoms with E-state index < -0.39 is 15.8 Å². The highest BCUT2D eigenvalue weighted by atomic mass is 32.2. The van der Waals surface area contributed by atoms with Crippen LogP contribution in [0.4, 0.5) is 5.69 Å². The van der Waals surface area contributed by atoms with Gasteiger partial charge in [0.05, 0.1) is 16.5 Å². The Morgan fingerprint density at radius 3 is 2.48 bits per heavy atom. The fourth-order valence-electron chi connectivity index (χ4n) is 4.36. The molecular weight excluding hydrogens is 386 g/mol. The van der Waals surface area contributed by atoms with E-state index in [0.29, 0.717) is 5.56 Å². The van der Waals surface area contributed by atoms with Gasteiger partial charge in [-0.1, -0.05) is 44.9 Å². The van der Waals surface area contributed by atoms with E-state index >= 15 is 0 Å². The molecule has 0 bridgehead atoms. The van der Waals surface area contributed by atoms with Crippen LogP contribution in [0.15, 0.2) is 35.2 Å². The first-order valence-corrected chi connectivity index (χ1v) is 12.1. The van der Waals surface area contributed by atoms with E-state index in [9.17, 15) is 18.3 Å². The molecule has 1 N–H and O–H groups in total. The summed E-state index contributed by atoms with van der Waals surface area (Å²) in [4.78, 5) is 14.1. The summed E-state index contributed by atoms with van der Waals surface area (Å²) in [5.41, 5.74) is 4.57. The zero-order valence-corrected chi connectivity index (χ0v) is 18.3. The first-order chi connectivity index (χ1) is 13.7. The molecule has 0 saturated carbocycles. The lowest BCUT2D eigenvalue weighted by Crippen LogP contribution is -2.34. The average molecular weight is 416 g/mol. The van der Waals surface area contributed by atoms with Crippen molar-refractivity contribution in [3.63, 3.8) is 0 Å². The predicted molar refractivity (Wildman–Crippen MR) is 117 cm³/mol. The van der Waals surface area contributed by atoms with Crippen LogP contribution in [-0.4, -0.2) is 32.3 Å². The number of aryl methyl sites for hydroxylation is 1. The van der Waals surface area contributed by atoms with Gasteiger partial charge in [0.15, 0.2) is 9.84 Å². The van der Waals surface area contributed by atoms with Crippen molar-refractivity contribution in [3.05, 3.63) is 47.0 Å². The molecule has 3 rings (SSSR count). The van der Waals surface area contributed by atoms with Crippen LogP contribution in [0.25, 0.3) is 11.1 Å². The van der Waals surface area contributed by atoms with Crippen molar-refractivity contribution in [2.45, 2.75) is 57.4 Å². The summed E-state index contributed by atoms with van der Waals surface area (Å²) in [5, 5.41) is 9.63. The number of fused-ring (bicyclic) bond motifs is 3. The fourth-order valence-corrected chi connectivity index (χ4v) is 5.28. The van der Waals surface area contributed by atoms with E-state index in [1.807, 2.05) is 12.1 Å². The zero-order valence-electron chi connectivity index (χ0n) is 17.5. The van der Waals surface area contributed by atoms with Crippen LogP contribution in [0.3, 0.4) is 0 Å². The number of hydrogen-bond acceptors (Lipinski definition) is 4. The van der Waals surface area contributed by atoms with E-state index in [1.165, 1.54) is 6.07 Å². The van der Waals surface area contributed by atoms with Gasteiger partial charge in [0.2, 0.25) is 0 Å². The molecule has 1 aliphatic heterocycles. The molecule has 2 aromatic rings. The molecule has 0 saturated heterocycles. The first-order valence-electron chi connectivity index (χ1n) is 10.2. The molecule has 5 nitrogen and oxygen atoms in total. The van der Waals surface area contributed by atoms with Crippen molar-refractivity contribution in [3.8, 4) is 11.1 Å². The third kappa shape index (κ3) is 3.90. The van der Waals surface area contributed by atoms with Crippen molar-refractivity contribution in [1.82, 2.24) is 0 Å². The Hall–Kier alpha value is -2.34. The minimum atomic E-state index is -3.62. The number of carboxylic acid groups (broad SMARTS) is 1. The highest BCUT2D eigenvalue weighted by molar-refractivity contribution is 7.90. The number of benzene rings is 2. The quantitative estimate of drug-likeness (QED) is 0.671. The number of anilines is 1. The van der Waals surface area contributed by atoms with Crippen LogP contribution in [0, 0.1) is 6.92 Å². The molecule has 0 aromatic heterocycles. The molecular formula is C23H29NO4S. The maximum Gasteiger partial charge on any atom is 0.335 e. The molecule has 1 atom stereocenters. The molecule has 0 spiro atoms. The monoisotopic (exact) mass is 415 g/mol. The fraction of sp³-hybridized carbons (Fsp3) is 0.435. The Labute approximate surface area is 173 Å². The molecule has 156 valence electrons. The van der Waals surface area contributed by atoms with Gasteiger partial charge >= 0.3 is 5.97 Å². The second-order valence-corrected chi connectivity index (χ2v) is 9.82. The van der Waals surface area contributed by atoms with Crippen LogP contribution >= 0.6 is 0 Å². The van der Waals surface area contributed by atoms with Crippen LogP contribution < -0.4 is 4.90 Å². The summed E-state index contributed by atoms with van der Waals surface area (Å²) in [6.45, 7) is 7.08. The van der Waals surface area contributed by atoms with E-state index in [0.717, 1.165) is 60.9 Å². The number of carboxylic acids is 1. The van der Waals surface area contributed by atoms with Crippen LogP contribution in [0.2, 0.25) is 0 Å². The molecule has 1 unspecified atom stereocenters. The lowest BCUT2D eigenvalue weighted by Gasteiger charge is -2.42. The normalized spacial score (nSPS) is 15.7. The van der Waals surface area contributed by atoms with Crippen LogP contribution in [0.5, 0.6) is 0 Å². The summed E-state index contributed by atoms with van der Waals surface area (Å²) in [6.07, 6.45) is 5.01. The van der Waals surface area contributed by atoms with E-state index in [1.54, 1.807) is 6.07 Å². The Morgan fingerprint density at radius 2 is 1.90 bits per heavy atom. The zero-order chi connectivity index (χ0) is 21.3. The average Bonchev–Trinajstić information content (AvgIpc) is 2.66. The van der Waals surface area contributed by atoms with Gasteiger partial charge in [-0.15, -0.1) is 0 Å². The van der Waals surface area contributed by atoms with Crippen molar-refractivity contribution in [1.29, 1.82) is 0 Å². The number of nitrogens with zero attached hydrogens (tertiary/aromatic N) is 1. The van der Waals surface area contributed by atoms with Crippen molar-refractivity contribution in [2.75, 3.05) is 17.7 Å². The number of aromatic carboxylic acids is 1. The molecule has 0 amide bonds. The minimum Gasteiger partial charge on any atom is -0.478 e. The first kappa shape index (κ1) is 21.4. The highest BCUT2D eigenvalue weighted by Crippen LogP contribution is 2.50. The van der Waals surface area contributed by atoms with Crippen LogP contribution in [-0.2, 0) is 9.84 Å². The van der Waals surface area contributed by atoms with Gasteiger partial charge in [-0.05, 0) is 48.6 Å². The molecule has 2 aromatic carbocycles. The third-order valence-electron chi connectivity index (χ3n) is 5.65.